The van der Waals surface area contributed by atoms with Gasteiger partial charge in [-0.05, 0) is 31.7 Å². The topological polar surface area (TPSA) is 80.5 Å². The maximum absolute atomic E-state index is 11.7. The first-order valence-electron chi connectivity index (χ1n) is 10.5. The number of unbranched alkanes of at least 4 members (excludes halogenated alkanes) is 1. The van der Waals surface area contributed by atoms with E-state index in [1.807, 2.05) is 24.4 Å². The Hall–Kier alpha value is -2.67. The molecule has 29 heavy (non-hydrogen) atoms. The van der Waals surface area contributed by atoms with Gasteiger partial charge in [-0.3, -0.25) is 4.98 Å². The number of nitrogens with zero attached hydrogens (tertiary/aromatic N) is 4. The van der Waals surface area contributed by atoms with E-state index >= 15 is 0 Å². The molecule has 1 aromatic carbocycles. The molecule has 4 rings (SSSR count). The number of carbonyl (C=O) groups is 1. The molecule has 3 heterocycles. The molecule has 1 saturated heterocycles. The third-order valence-corrected chi connectivity index (χ3v) is 5.78. The first-order chi connectivity index (χ1) is 14.2. The summed E-state index contributed by atoms with van der Waals surface area (Å²) in [5.74, 6) is 1.05. The molecule has 0 saturated carbocycles. The number of para-hydroxylation sites is 1. The molecular formula is C22H28N4O3. The number of ether oxygens (including phenoxy) is 1. The van der Waals surface area contributed by atoms with Crippen molar-refractivity contribution in [3.05, 3.63) is 36.3 Å². The number of pyridine rings is 1. The number of aromatic nitrogens is 3. The zero-order chi connectivity index (χ0) is 20.2. The van der Waals surface area contributed by atoms with Gasteiger partial charge in [0.15, 0.2) is 0 Å². The number of hydrogen-bond donors (Lipinski definition) is 1. The van der Waals surface area contributed by atoms with Crippen LogP contribution >= 0.6 is 0 Å². The first kappa shape index (κ1) is 19.6. The Morgan fingerprint density at radius 2 is 2.03 bits per heavy atom. The van der Waals surface area contributed by atoms with Crippen molar-refractivity contribution in [1.29, 1.82) is 0 Å². The van der Waals surface area contributed by atoms with Gasteiger partial charge < -0.3 is 19.3 Å². The third kappa shape index (κ3) is 4.05. The van der Waals surface area contributed by atoms with Crippen molar-refractivity contribution < 1.29 is 14.6 Å². The fourth-order valence-corrected chi connectivity index (χ4v) is 4.30. The van der Waals surface area contributed by atoms with Crippen LogP contribution in [0.4, 0.5) is 4.79 Å². The molecule has 0 atom stereocenters. The van der Waals surface area contributed by atoms with Gasteiger partial charge in [-0.2, -0.15) is 0 Å². The summed E-state index contributed by atoms with van der Waals surface area (Å²) in [6.45, 7) is 4.81. The van der Waals surface area contributed by atoms with Crippen LogP contribution in [0.15, 0.2) is 30.5 Å². The molecule has 2 aromatic heterocycles. The third-order valence-electron chi connectivity index (χ3n) is 5.78. The molecule has 1 amide bonds. The highest BCUT2D eigenvalue weighted by atomic mass is 16.5. The van der Waals surface area contributed by atoms with Crippen LogP contribution < -0.4 is 0 Å². The van der Waals surface area contributed by atoms with Crippen molar-refractivity contribution >= 4 is 28.0 Å². The van der Waals surface area contributed by atoms with E-state index in [1.54, 1.807) is 4.90 Å². The average Bonchev–Trinajstić information content (AvgIpc) is 3.12. The number of fused-ring (bicyclic) bond motifs is 3. The van der Waals surface area contributed by atoms with Gasteiger partial charge in [-0.1, -0.05) is 25.1 Å². The van der Waals surface area contributed by atoms with Crippen LogP contribution in [-0.4, -0.2) is 56.4 Å². The Morgan fingerprint density at radius 3 is 2.79 bits per heavy atom. The van der Waals surface area contributed by atoms with Gasteiger partial charge in [-0.25, -0.2) is 9.78 Å². The highest BCUT2D eigenvalue weighted by Gasteiger charge is 2.25. The zero-order valence-corrected chi connectivity index (χ0v) is 16.9. The lowest BCUT2D eigenvalue weighted by Crippen LogP contribution is -2.43. The summed E-state index contributed by atoms with van der Waals surface area (Å²) in [7, 11) is 0. The number of hydrogen-bond acceptors (Lipinski definition) is 4. The van der Waals surface area contributed by atoms with E-state index in [0.29, 0.717) is 19.8 Å². The molecule has 1 aliphatic heterocycles. The van der Waals surface area contributed by atoms with Crippen molar-refractivity contribution in [3.63, 3.8) is 0 Å². The molecule has 0 unspecified atom stereocenters. The van der Waals surface area contributed by atoms with Crippen LogP contribution in [-0.2, 0) is 17.7 Å². The SMILES string of the molecule is CCc1nc2cnc3ccccc3c2n1CCCCN(C(=O)O)C1CCOCC1. The minimum absolute atomic E-state index is 0.0801. The van der Waals surface area contributed by atoms with Crippen molar-refractivity contribution in [2.24, 2.45) is 0 Å². The average molecular weight is 396 g/mol. The maximum atomic E-state index is 11.7. The molecule has 0 aliphatic carbocycles. The summed E-state index contributed by atoms with van der Waals surface area (Å²) in [6.07, 6.45) is 5.19. The summed E-state index contributed by atoms with van der Waals surface area (Å²) in [6, 6.07) is 8.23. The molecule has 1 fully saturated rings. The fourth-order valence-electron chi connectivity index (χ4n) is 4.30. The van der Waals surface area contributed by atoms with Gasteiger partial charge in [0, 0.05) is 44.2 Å². The van der Waals surface area contributed by atoms with Crippen molar-refractivity contribution in [3.8, 4) is 0 Å². The van der Waals surface area contributed by atoms with E-state index in [2.05, 4.69) is 22.5 Å². The number of amides is 1. The molecular weight excluding hydrogens is 368 g/mol. The molecule has 7 heteroatoms. The van der Waals surface area contributed by atoms with E-state index in [9.17, 15) is 9.90 Å². The van der Waals surface area contributed by atoms with E-state index in [1.165, 1.54) is 0 Å². The van der Waals surface area contributed by atoms with E-state index in [0.717, 1.165) is 66.4 Å². The second kappa shape index (κ2) is 8.78. The summed E-state index contributed by atoms with van der Waals surface area (Å²) >= 11 is 0. The van der Waals surface area contributed by atoms with Crippen LogP contribution in [0, 0.1) is 0 Å². The number of benzene rings is 1. The predicted molar refractivity (Wildman–Crippen MR) is 112 cm³/mol. The number of imidazole rings is 1. The van der Waals surface area contributed by atoms with Crippen LogP contribution in [0.5, 0.6) is 0 Å². The molecule has 7 nitrogen and oxygen atoms in total. The van der Waals surface area contributed by atoms with Crippen LogP contribution in [0.25, 0.3) is 21.9 Å². The second-order valence-corrected chi connectivity index (χ2v) is 7.57. The van der Waals surface area contributed by atoms with Gasteiger partial charge in [0.25, 0.3) is 0 Å². The van der Waals surface area contributed by atoms with Crippen molar-refractivity contribution in [2.45, 2.75) is 51.6 Å². The Kier molecular flexibility index (Phi) is 5.94. The number of rotatable bonds is 7. The Morgan fingerprint density at radius 1 is 1.24 bits per heavy atom. The largest absolute Gasteiger partial charge is 0.465 e. The summed E-state index contributed by atoms with van der Waals surface area (Å²) < 4.78 is 7.66. The fraction of sp³-hybridized carbons (Fsp3) is 0.500. The molecule has 0 bridgehead atoms. The lowest BCUT2D eigenvalue weighted by atomic mass is 10.1. The predicted octanol–water partition coefficient (Wildman–Crippen LogP) is 4.09. The van der Waals surface area contributed by atoms with Crippen molar-refractivity contribution in [2.75, 3.05) is 19.8 Å². The summed E-state index contributed by atoms with van der Waals surface area (Å²) in [5, 5.41) is 10.7. The normalized spacial score (nSPS) is 15.2. The van der Waals surface area contributed by atoms with E-state index < -0.39 is 6.09 Å². The molecule has 0 spiro atoms. The van der Waals surface area contributed by atoms with Gasteiger partial charge in [-0.15, -0.1) is 0 Å². The highest BCUT2D eigenvalue weighted by molar-refractivity contribution is 6.02. The standard InChI is InChI=1S/C22H28N4O3/c1-2-20-24-19-15-23-18-8-4-3-7-17(18)21(19)26(20)12-6-5-11-25(22(27)28)16-9-13-29-14-10-16/h3-4,7-8,15-16H,2,5-6,9-14H2,1H3,(H,27,28). The first-order valence-corrected chi connectivity index (χ1v) is 10.5. The summed E-state index contributed by atoms with van der Waals surface area (Å²) in [5.41, 5.74) is 3.03. The monoisotopic (exact) mass is 396 g/mol. The minimum atomic E-state index is -0.823. The van der Waals surface area contributed by atoms with Crippen molar-refractivity contribution in [1.82, 2.24) is 19.4 Å². The maximum Gasteiger partial charge on any atom is 0.407 e. The number of carboxylic acid groups (broad SMARTS) is 1. The van der Waals surface area contributed by atoms with E-state index in [-0.39, 0.29) is 6.04 Å². The molecule has 3 aromatic rings. The molecule has 1 N–H and O–H groups in total. The molecule has 0 radical (unpaired) electrons. The summed E-state index contributed by atoms with van der Waals surface area (Å²) in [4.78, 5) is 22.6. The van der Waals surface area contributed by atoms with Gasteiger partial charge >= 0.3 is 6.09 Å². The van der Waals surface area contributed by atoms with Gasteiger partial charge in [0.2, 0.25) is 0 Å². The zero-order valence-electron chi connectivity index (χ0n) is 16.9. The van der Waals surface area contributed by atoms with Crippen LogP contribution in [0.2, 0.25) is 0 Å². The van der Waals surface area contributed by atoms with Crippen LogP contribution in [0.3, 0.4) is 0 Å². The van der Waals surface area contributed by atoms with Crippen LogP contribution in [0.1, 0.15) is 38.4 Å². The lowest BCUT2D eigenvalue weighted by molar-refractivity contribution is 0.0352. The molecule has 154 valence electrons. The quantitative estimate of drug-likeness (QED) is 0.609. The second-order valence-electron chi connectivity index (χ2n) is 7.57. The van der Waals surface area contributed by atoms with Gasteiger partial charge in [0.1, 0.15) is 11.3 Å². The van der Waals surface area contributed by atoms with Gasteiger partial charge in [0.05, 0.1) is 17.2 Å². The Bertz CT molecular complexity index is 994. The van der Waals surface area contributed by atoms with E-state index in [4.69, 9.17) is 9.72 Å². The Balaban J connectivity index is 1.49. The lowest BCUT2D eigenvalue weighted by Gasteiger charge is -2.32. The molecule has 1 aliphatic rings. The minimum Gasteiger partial charge on any atom is -0.465 e. The highest BCUT2D eigenvalue weighted by Crippen LogP contribution is 2.25. The number of aryl methyl sites for hydroxylation is 2. The Labute approximate surface area is 170 Å². The smallest absolute Gasteiger partial charge is 0.407 e.